The summed E-state index contributed by atoms with van der Waals surface area (Å²) in [5.74, 6) is -2.88. The van der Waals surface area contributed by atoms with E-state index in [0.717, 1.165) is 6.42 Å². The Morgan fingerprint density at radius 3 is 2.13 bits per heavy atom. The van der Waals surface area contributed by atoms with Crippen molar-refractivity contribution in [2.24, 2.45) is 0 Å². The smallest absolute Gasteiger partial charge is 0.328 e. The fourth-order valence-electron chi connectivity index (χ4n) is 2.98. The Morgan fingerprint density at radius 2 is 1.67 bits per heavy atom. The van der Waals surface area contributed by atoms with Gasteiger partial charge < -0.3 is 36.6 Å². The largest absolute Gasteiger partial charge is 0.480 e. The molecular weight excluding hydrogens is 416 g/mol. The number of carbonyl (C=O) groups is 4. The fourth-order valence-corrected chi connectivity index (χ4v) is 3.45. The van der Waals surface area contributed by atoms with Crippen LogP contribution in [0, 0.1) is 0 Å². The van der Waals surface area contributed by atoms with Crippen LogP contribution in [0.15, 0.2) is 0 Å². The van der Waals surface area contributed by atoms with Crippen molar-refractivity contribution in [3.8, 4) is 0 Å². The number of aliphatic hydroxyl groups excluding tert-OH is 2. The minimum Gasteiger partial charge on any atom is -0.480 e. The van der Waals surface area contributed by atoms with Crippen molar-refractivity contribution in [2.45, 2.75) is 69.5 Å². The first-order valence-corrected chi connectivity index (χ1v) is 11.2. The number of carboxylic acid groups (broad SMARTS) is 1. The van der Waals surface area contributed by atoms with Crippen LogP contribution in [0.25, 0.3) is 0 Å². The van der Waals surface area contributed by atoms with Crippen LogP contribution in [0.1, 0.15) is 33.1 Å². The summed E-state index contributed by atoms with van der Waals surface area (Å²) < 4.78 is 0. The molecule has 3 amide bonds. The molecule has 7 N–H and O–H groups in total. The van der Waals surface area contributed by atoms with E-state index in [-0.39, 0.29) is 6.42 Å². The summed E-state index contributed by atoms with van der Waals surface area (Å²) in [6.07, 6.45) is 0.884. The van der Waals surface area contributed by atoms with Crippen LogP contribution in [0.4, 0.5) is 0 Å². The number of rotatable bonds is 12. The molecule has 11 nitrogen and oxygen atoms in total. The van der Waals surface area contributed by atoms with Gasteiger partial charge in [0.15, 0.2) is 6.04 Å². The van der Waals surface area contributed by atoms with E-state index in [9.17, 15) is 29.4 Å². The number of carbonyl (C=O) groups excluding carboxylic acids is 3. The van der Waals surface area contributed by atoms with E-state index < -0.39 is 60.1 Å². The van der Waals surface area contributed by atoms with Gasteiger partial charge in [-0.3, -0.25) is 14.4 Å². The maximum Gasteiger partial charge on any atom is 0.328 e. The molecule has 1 heterocycles. The lowest BCUT2D eigenvalue weighted by Gasteiger charge is -2.26. The zero-order chi connectivity index (χ0) is 22.8. The molecule has 0 aromatic rings. The third-order valence-corrected chi connectivity index (χ3v) is 5.37. The average Bonchev–Trinajstić information content (AvgIpc) is 3.20. The monoisotopic (exact) mass is 448 g/mol. The van der Waals surface area contributed by atoms with Crippen LogP contribution >= 0.6 is 11.8 Å². The van der Waals surface area contributed by atoms with Gasteiger partial charge in [0.05, 0.1) is 18.2 Å². The lowest BCUT2D eigenvalue weighted by atomic mass is 10.1. The second-order valence-corrected chi connectivity index (χ2v) is 8.27. The summed E-state index contributed by atoms with van der Waals surface area (Å²) in [5.41, 5.74) is 0. The van der Waals surface area contributed by atoms with Crippen LogP contribution in [-0.2, 0) is 19.2 Å². The molecule has 0 spiro atoms. The van der Waals surface area contributed by atoms with Crippen LogP contribution in [-0.4, -0.2) is 93.9 Å². The van der Waals surface area contributed by atoms with Crippen molar-refractivity contribution in [3.05, 3.63) is 0 Å². The molecule has 0 saturated carbocycles. The first-order chi connectivity index (χ1) is 14.1. The number of aliphatic hydroxyl groups is 2. The van der Waals surface area contributed by atoms with Crippen molar-refractivity contribution < 1.29 is 34.5 Å². The van der Waals surface area contributed by atoms with Crippen LogP contribution < -0.4 is 21.3 Å². The van der Waals surface area contributed by atoms with Gasteiger partial charge in [-0.25, -0.2) is 4.79 Å². The summed E-state index contributed by atoms with van der Waals surface area (Å²) in [5, 5.41) is 38.9. The number of hydrogen-bond acceptors (Lipinski definition) is 8. The lowest BCUT2D eigenvalue weighted by molar-refractivity contribution is -0.145. The third kappa shape index (κ3) is 8.09. The Balaban J connectivity index is 2.86. The van der Waals surface area contributed by atoms with Crippen molar-refractivity contribution in [1.29, 1.82) is 0 Å². The van der Waals surface area contributed by atoms with Crippen molar-refractivity contribution in [3.63, 3.8) is 0 Å². The maximum absolute atomic E-state index is 12.7. The zero-order valence-electron chi connectivity index (χ0n) is 17.4. The van der Waals surface area contributed by atoms with Gasteiger partial charge in [0.25, 0.3) is 0 Å². The van der Waals surface area contributed by atoms with Crippen molar-refractivity contribution in [1.82, 2.24) is 21.3 Å². The van der Waals surface area contributed by atoms with E-state index in [4.69, 9.17) is 5.11 Å². The first kappa shape index (κ1) is 26.1. The number of hydrogen-bond donors (Lipinski definition) is 7. The van der Waals surface area contributed by atoms with Gasteiger partial charge in [-0.2, -0.15) is 11.8 Å². The molecular formula is C18H32N4O7S. The van der Waals surface area contributed by atoms with Crippen LogP contribution in [0.5, 0.6) is 0 Å². The highest BCUT2D eigenvalue weighted by molar-refractivity contribution is 7.98. The molecule has 1 saturated heterocycles. The quantitative estimate of drug-likeness (QED) is 0.174. The van der Waals surface area contributed by atoms with Gasteiger partial charge in [-0.1, -0.05) is 0 Å². The number of amides is 3. The van der Waals surface area contributed by atoms with E-state index in [2.05, 4.69) is 21.3 Å². The Morgan fingerprint density at radius 1 is 1.03 bits per heavy atom. The Bertz CT molecular complexity index is 611. The number of thioether (sulfide) groups is 1. The molecule has 172 valence electrons. The van der Waals surface area contributed by atoms with Crippen molar-refractivity contribution >= 4 is 35.5 Å². The van der Waals surface area contributed by atoms with Crippen LogP contribution in [0.2, 0.25) is 0 Å². The number of carboxylic acids is 1. The SMILES string of the molecule is CSCCC(NC(=O)C(NC(=O)C1CCCN1)C(C)O)C(=O)NC(C(=O)O)C(C)O. The Labute approximate surface area is 179 Å². The fraction of sp³-hybridized carbons (Fsp3) is 0.778. The summed E-state index contributed by atoms with van der Waals surface area (Å²) in [6, 6.07) is -4.37. The highest BCUT2D eigenvalue weighted by Crippen LogP contribution is 2.07. The molecule has 1 aliphatic heterocycles. The Kier molecular flexibility index (Phi) is 11.1. The molecule has 0 aromatic heterocycles. The summed E-state index contributed by atoms with van der Waals surface area (Å²) >= 11 is 1.42. The second kappa shape index (κ2) is 12.7. The molecule has 12 heteroatoms. The first-order valence-electron chi connectivity index (χ1n) is 9.80. The summed E-state index contributed by atoms with van der Waals surface area (Å²) in [6.45, 7) is 3.26. The number of nitrogens with one attached hydrogen (secondary N) is 4. The third-order valence-electron chi connectivity index (χ3n) is 4.73. The second-order valence-electron chi connectivity index (χ2n) is 7.28. The van der Waals surface area contributed by atoms with Gasteiger partial charge in [-0.15, -0.1) is 0 Å². The normalized spacial score (nSPS) is 21.0. The van der Waals surface area contributed by atoms with Gasteiger partial charge >= 0.3 is 5.97 Å². The summed E-state index contributed by atoms with van der Waals surface area (Å²) in [7, 11) is 0. The molecule has 6 unspecified atom stereocenters. The lowest BCUT2D eigenvalue weighted by Crippen LogP contribution is -2.60. The minimum absolute atomic E-state index is 0.190. The predicted octanol–water partition coefficient (Wildman–Crippen LogP) is -2.21. The molecule has 1 rings (SSSR count). The highest BCUT2D eigenvalue weighted by atomic mass is 32.2. The zero-order valence-corrected chi connectivity index (χ0v) is 18.2. The molecule has 6 atom stereocenters. The predicted molar refractivity (Wildman–Crippen MR) is 111 cm³/mol. The molecule has 0 aliphatic carbocycles. The maximum atomic E-state index is 12.7. The number of aliphatic carboxylic acids is 1. The minimum atomic E-state index is -1.54. The van der Waals surface area contributed by atoms with Crippen LogP contribution in [0.3, 0.4) is 0 Å². The van der Waals surface area contributed by atoms with Gasteiger partial charge in [0.1, 0.15) is 12.1 Å². The molecule has 0 radical (unpaired) electrons. The van der Waals surface area contributed by atoms with Gasteiger partial charge in [0, 0.05) is 0 Å². The topological polar surface area (TPSA) is 177 Å². The summed E-state index contributed by atoms with van der Waals surface area (Å²) in [4.78, 5) is 48.8. The van der Waals surface area contributed by atoms with Gasteiger partial charge in [-0.05, 0) is 51.7 Å². The highest BCUT2D eigenvalue weighted by Gasteiger charge is 2.34. The van der Waals surface area contributed by atoms with E-state index in [1.165, 1.54) is 25.6 Å². The van der Waals surface area contributed by atoms with E-state index >= 15 is 0 Å². The van der Waals surface area contributed by atoms with E-state index in [1.807, 2.05) is 0 Å². The average molecular weight is 449 g/mol. The molecule has 1 aliphatic rings. The Hall–Kier alpha value is -1.89. The van der Waals surface area contributed by atoms with E-state index in [1.54, 1.807) is 6.26 Å². The van der Waals surface area contributed by atoms with Crippen molar-refractivity contribution in [2.75, 3.05) is 18.6 Å². The standard InChI is InChI=1S/C18H32N4O7S/c1-9(23)13(21-15(25)11-5-4-7-19-11)17(27)20-12(6-8-30-3)16(26)22-14(10(2)24)18(28)29/h9-14,19,23-24H,4-8H2,1-3H3,(H,20,27)(H,21,25)(H,22,26)(H,28,29). The molecule has 0 aromatic carbocycles. The van der Waals surface area contributed by atoms with Gasteiger partial charge in [0.2, 0.25) is 17.7 Å². The molecule has 1 fully saturated rings. The molecule has 30 heavy (non-hydrogen) atoms. The molecule has 0 bridgehead atoms. The van der Waals surface area contributed by atoms with E-state index in [0.29, 0.717) is 18.7 Å².